The van der Waals surface area contributed by atoms with E-state index in [1.54, 1.807) is 6.08 Å². The van der Waals surface area contributed by atoms with Gasteiger partial charge < -0.3 is 14.5 Å². The molecule has 0 aromatic heterocycles. The van der Waals surface area contributed by atoms with E-state index < -0.39 is 15.6 Å². The van der Waals surface area contributed by atoms with E-state index in [4.69, 9.17) is 25.5 Å². The highest BCUT2D eigenvalue weighted by Gasteiger charge is 2.34. The van der Waals surface area contributed by atoms with Crippen molar-refractivity contribution in [3.63, 3.8) is 0 Å². The van der Waals surface area contributed by atoms with E-state index in [1.165, 1.54) is 0 Å². The number of ether oxygens (including phenoxy) is 1. The molecule has 2 N–H and O–H groups in total. The van der Waals surface area contributed by atoms with Crippen LogP contribution in [0, 0.1) is 12.3 Å². The maximum atomic E-state index is 11.8. The van der Waals surface area contributed by atoms with Gasteiger partial charge in [-0.2, -0.15) is 4.31 Å². The van der Waals surface area contributed by atoms with Crippen LogP contribution < -0.4 is 0 Å². The number of phosphoric acid groups is 2. The van der Waals surface area contributed by atoms with Gasteiger partial charge in [0.25, 0.3) is 0 Å². The maximum absolute atomic E-state index is 11.8. The monoisotopic (exact) mass is 382 g/mol. The summed E-state index contributed by atoms with van der Waals surface area (Å²) >= 11 is 0. The smallest absolute Gasteiger partial charge is 0.364 e. The first kappa shape index (κ1) is 23.3. The molecular formula is C14H24O8P2. The predicted molar refractivity (Wildman–Crippen MR) is 90.1 cm³/mol. The molecule has 0 saturated heterocycles. The molecule has 0 aromatic rings. The largest absolute Gasteiger partial charge is 0.483 e. The Labute approximate surface area is 142 Å². The molecule has 0 spiro atoms. The second-order valence-corrected chi connectivity index (χ2v) is 7.99. The van der Waals surface area contributed by atoms with Crippen LogP contribution in [0.15, 0.2) is 23.3 Å². The standard InChI is InChI=1S/C14H24O8P2/c1-5-10-20-12-14(3)8-6-7-13(2)9-11-21-24(18,19-4)22-23(15,16)17/h1,8-9H,6-7,10-12H2,2-4H3,(H2,15,16,17). The Kier molecular flexibility index (Phi) is 11.4. The predicted octanol–water partition coefficient (Wildman–Crippen LogP) is 3.19. The summed E-state index contributed by atoms with van der Waals surface area (Å²) in [5.74, 6) is 2.39. The van der Waals surface area contributed by atoms with E-state index in [1.807, 2.05) is 19.9 Å². The zero-order valence-corrected chi connectivity index (χ0v) is 15.8. The zero-order valence-electron chi connectivity index (χ0n) is 14.0. The molecule has 0 radical (unpaired) electrons. The van der Waals surface area contributed by atoms with Crippen LogP contribution in [0.25, 0.3) is 0 Å². The van der Waals surface area contributed by atoms with Gasteiger partial charge in [0.05, 0.1) is 13.2 Å². The first-order valence-electron chi connectivity index (χ1n) is 7.01. The van der Waals surface area contributed by atoms with Crippen LogP contribution >= 0.6 is 15.6 Å². The SMILES string of the molecule is C#CCOCC(C)=CCCC(C)=CCOP(=O)(OC)OP(=O)(O)O. The molecule has 138 valence electrons. The van der Waals surface area contributed by atoms with Crippen molar-refractivity contribution in [1.29, 1.82) is 0 Å². The fraction of sp³-hybridized carbons (Fsp3) is 0.571. The minimum atomic E-state index is -4.97. The summed E-state index contributed by atoms with van der Waals surface area (Å²) in [6, 6.07) is 0. The lowest BCUT2D eigenvalue weighted by Crippen LogP contribution is -1.97. The second kappa shape index (κ2) is 11.8. The Morgan fingerprint density at radius 1 is 1.21 bits per heavy atom. The molecule has 0 aliphatic heterocycles. The first-order chi connectivity index (χ1) is 11.1. The lowest BCUT2D eigenvalue weighted by Gasteiger charge is -2.15. The van der Waals surface area contributed by atoms with Crippen LogP contribution in [0.2, 0.25) is 0 Å². The van der Waals surface area contributed by atoms with Crippen molar-refractivity contribution in [2.45, 2.75) is 26.7 Å². The van der Waals surface area contributed by atoms with E-state index in [-0.39, 0.29) is 13.2 Å². The van der Waals surface area contributed by atoms with Crippen molar-refractivity contribution < 1.29 is 37.0 Å². The fourth-order valence-electron chi connectivity index (χ4n) is 1.49. The minimum absolute atomic E-state index is 0.162. The Hall–Kier alpha value is -0.740. The van der Waals surface area contributed by atoms with Gasteiger partial charge in [-0.25, -0.2) is 9.13 Å². The highest BCUT2D eigenvalue weighted by Crippen LogP contribution is 2.60. The summed E-state index contributed by atoms with van der Waals surface area (Å²) in [5, 5.41) is 0. The van der Waals surface area contributed by atoms with Gasteiger partial charge in [0.1, 0.15) is 6.61 Å². The van der Waals surface area contributed by atoms with Gasteiger partial charge in [-0.3, -0.25) is 9.05 Å². The van der Waals surface area contributed by atoms with Gasteiger partial charge in [-0.1, -0.05) is 29.2 Å². The summed E-state index contributed by atoms with van der Waals surface area (Å²) < 4.78 is 40.9. The summed E-state index contributed by atoms with van der Waals surface area (Å²) in [6.07, 6.45) is 10.2. The Morgan fingerprint density at radius 3 is 2.42 bits per heavy atom. The van der Waals surface area contributed by atoms with Gasteiger partial charge >= 0.3 is 15.6 Å². The van der Waals surface area contributed by atoms with Crippen LogP contribution in [0.5, 0.6) is 0 Å². The molecule has 0 heterocycles. The van der Waals surface area contributed by atoms with Crippen LogP contribution in [0.3, 0.4) is 0 Å². The van der Waals surface area contributed by atoms with Gasteiger partial charge in [-0.15, -0.1) is 6.42 Å². The second-order valence-electron chi connectivity index (χ2n) is 4.83. The summed E-state index contributed by atoms with van der Waals surface area (Å²) in [4.78, 5) is 17.3. The van der Waals surface area contributed by atoms with Crippen molar-refractivity contribution >= 4 is 15.6 Å². The number of rotatable bonds is 12. The number of hydrogen-bond donors (Lipinski definition) is 2. The molecule has 24 heavy (non-hydrogen) atoms. The average Bonchev–Trinajstić information content (AvgIpc) is 2.45. The van der Waals surface area contributed by atoms with Gasteiger partial charge in [0, 0.05) is 7.11 Å². The summed E-state index contributed by atoms with van der Waals surface area (Å²) in [6.45, 7) is 4.38. The van der Waals surface area contributed by atoms with Crippen LogP contribution in [0.1, 0.15) is 26.7 Å². The van der Waals surface area contributed by atoms with E-state index in [0.717, 1.165) is 31.1 Å². The third-order valence-corrected chi connectivity index (χ3v) is 5.20. The summed E-state index contributed by atoms with van der Waals surface area (Å²) in [7, 11) is -8.29. The average molecular weight is 382 g/mol. The molecule has 0 saturated carbocycles. The third kappa shape index (κ3) is 12.7. The van der Waals surface area contributed by atoms with Crippen LogP contribution in [-0.2, 0) is 27.2 Å². The Bertz CT molecular complexity index is 570. The van der Waals surface area contributed by atoms with Crippen LogP contribution in [0.4, 0.5) is 0 Å². The van der Waals surface area contributed by atoms with Crippen molar-refractivity contribution in [3.8, 4) is 12.3 Å². The maximum Gasteiger partial charge on any atom is 0.483 e. The lowest BCUT2D eigenvalue weighted by molar-refractivity contribution is 0.170. The molecule has 0 bridgehead atoms. The molecule has 1 atom stereocenters. The Morgan fingerprint density at radius 2 is 1.88 bits per heavy atom. The van der Waals surface area contributed by atoms with Crippen molar-refractivity contribution in [2.24, 2.45) is 0 Å². The molecule has 0 aliphatic rings. The van der Waals surface area contributed by atoms with Gasteiger partial charge in [0.2, 0.25) is 0 Å². The topological polar surface area (TPSA) is 112 Å². The fourth-order valence-corrected chi connectivity index (χ4v) is 3.35. The molecule has 0 fully saturated rings. The third-order valence-electron chi connectivity index (χ3n) is 2.64. The van der Waals surface area contributed by atoms with Crippen molar-refractivity contribution in [2.75, 3.05) is 26.9 Å². The zero-order chi connectivity index (χ0) is 18.6. The van der Waals surface area contributed by atoms with E-state index in [9.17, 15) is 9.13 Å². The molecule has 0 aromatic carbocycles. The number of terminal acetylenes is 1. The normalized spacial score (nSPS) is 15.8. The van der Waals surface area contributed by atoms with Crippen LogP contribution in [-0.4, -0.2) is 36.7 Å². The van der Waals surface area contributed by atoms with Gasteiger partial charge in [-0.05, 0) is 26.7 Å². The van der Waals surface area contributed by atoms with Crippen molar-refractivity contribution in [3.05, 3.63) is 23.3 Å². The number of hydrogen-bond acceptors (Lipinski definition) is 6. The molecule has 0 aliphatic carbocycles. The van der Waals surface area contributed by atoms with E-state index >= 15 is 0 Å². The number of allylic oxidation sites excluding steroid dienone is 2. The van der Waals surface area contributed by atoms with Crippen molar-refractivity contribution in [1.82, 2.24) is 0 Å². The lowest BCUT2D eigenvalue weighted by atomic mass is 10.1. The quantitative estimate of drug-likeness (QED) is 0.229. The summed E-state index contributed by atoms with van der Waals surface area (Å²) in [5.41, 5.74) is 2.01. The van der Waals surface area contributed by atoms with Gasteiger partial charge in [0.15, 0.2) is 0 Å². The molecule has 8 nitrogen and oxygen atoms in total. The highest BCUT2D eigenvalue weighted by atomic mass is 31.3. The van der Waals surface area contributed by atoms with E-state index in [0.29, 0.717) is 6.61 Å². The number of phosphoric ester groups is 1. The molecular weight excluding hydrogens is 358 g/mol. The molecule has 0 amide bonds. The molecule has 0 rings (SSSR count). The molecule has 1 unspecified atom stereocenters. The molecule has 10 heteroatoms. The Balaban J connectivity index is 4.27. The van der Waals surface area contributed by atoms with E-state index in [2.05, 4.69) is 14.8 Å². The first-order valence-corrected chi connectivity index (χ1v) is 10.0. The highest BCUT2D eigenvalue weighted by molar-refractivity contribution is 7.61. The minimum Gasteiger partial charge on any atom is -0.364 e.